The van der Waals surface area contributed by atoms with E-state index in [2.05, 4.69) is 28.4 Å². The summed E-state index contributed by atoms with van der Waals surface area (Å²) in [5, 5.41) is 1.81. The Morgan fingerprint density at radius 1 is 1.14 bits per heavy atom. The van der Waals surface area contributed by atoms with Gasteiger partial charge in [0, 0.05) is 60.9 Å². The van der Waals surface area contributed by atoms with Crippen LogP contribution < -0.4 is 4.74 Å². The molecule has 1 saturated heterocycles. The predicted octanol–water partition coefficient (Wildman–Crippen LogP) is 5.11. The maximum Gasteiger partial charge on any atom is 0.410 e. The van der Waals surface area contributed by atoms with Crippen LogP contribution in [0.25, 0.3) is 10.9 Å². The molecule has 1 unspecified atom stereocenters. The Bertz CT molecular complexity index is 1230. The zero-order valence-corrected chi connectivity index (χ0v) is 22.2. The van der Waals surface area contributed by atoms with Crippen molar-refractivity contribution in [3.63, 3.8) is 0 Å². The molecule has 196 valence electrons. The van der Waals surface area contributed by atoms with E-state index < -0.39 is 0 Å². The summed E-state index contributed by atoms with van der Waals surface area (Å²) in [6, 6.07) is 13.6. The predicted molar refractivity (Wildman–Crippen MR) is 148 cm³/mol. The van der Waals surface area contributed by atoms with Gasteiger partial charge in [-0.25, -0.2) is 4.79 Å². The van der Waals surface area contributed by atoms with Crippen LogP contribution in [0.15, 0.2) is 55.1 Å². The van der Waals surface area contributed by atoms with Crippen LogP contribution in [-0.4, -0.2) is 85.3 Å². The molecule has 3 aromatic rings. The number of amides is 1. The molecule has 1 atom stereocenters. The highest BCUT2D eigenvalue weighted by molar-refractivity contribution is 6.31. The lowest BCUT2D eigenvalue weighted by molar-refractivity contribution is 0.0979. The Morgan fingerprint density at radius 3 is 2.68 bits per heavy atom. The molecule has 5 rings (SSSR count). The zero-order valence-electron chi connectivity index (χ0n) is 21.4. The topological polar surface area (TPSA) is 61.0 Å². The fourth-order valence-electron chi connectivity index (χ4n) is 5.31. The summed E-state index contributed by atoms with van der Waals surface area (Å²) in [5.74, 6) is 0.836. The second-order valence-electron chi connectivity index (χ2n) is 9.83. The zero-order chi connectivity index (χ0) is 25.8. The molecule has 0 saturated carbocycles. The van der Waals surface area contributed by atoms with Gasteiger partial charge in [0.05, 0.1) is 6.61 Å². The van der Waals surface area contributed by atoms with Crippen LogP contribution in [0.4, 0.5) is 4.79 Å². The van der Waals surface area contributed by atoms with Gasteiger partial charge in [0.25, 0.3) is 0 Å². The molecule has 1 amide bonds. The highest BCUT2D eigenvalue weighted by atomic mass is 35.5. The number of fused-ring (bicyclic) bond motifs is 3. The van der Waals surface area contributed by atoms with Crippen molar-refractivity contribution in [1.29, 1.82) is 0 Å². The second kappa shape index (κ2) is 11.6. The number of carbonyl (C=O) groups excluding carboxylic acids is 1. The number of H-pyrrole nitrogens is 1. The molecule has 0 aliphatic carbocycles. The Hall–Kier alpha value is -3.00. The van der Waals surface area contributed by atoms with Crippen LogP contribution in [0.3, 0.4) is 0 Å². The number of nitrogens with zero attached hydrogens (tertiary/aromatic N) is 3. The average Bonchev–Trinajstić information content (AvgIpc) is 3.28. The van der Waals surface area contributed by atoms with E-state index in [0.29, 0.717) is 18.2 Å². The van der Waals surface area contributed by atoms with Gasteiger partial charge in [0.15, 0.2) is 0 Å². The van der Waals surface area contributed by atoms with E-state index in [-0.39, 0.29) is 18.7 Å². The highest BCUT2D eigenvalue weighted by Gasteiger charge is 2.35. The molecule has 0 spiro atoms. The second-order valence-corrected chi connectivity index (χ2v) is 10.3. The summed E-state index contributed by atoms with van der Waals surface area (Å²) < 4.78 is 11.5. The van der Waals surface area contributed by atoms with Crippen LogP contribution in [0.1, 0.15) is 29.3 Å². The van der Waals surface area contributed by atoms with Crippen LogP contribution in [0, 0.1) is 0 Å². The number of rotatable bonds is 8. The summed E-state index contributed by atoms with van der Waals surface area (Å²) >= 11 is 6.30. The number of likely N-dealkylation sites (N-methyl/N-ethyl adjacent to an activating group) is 1. The first-order valence-electron chi connectivity index (χ1n) is 13.0. The Kier molecular flexibility index (Phi) is 8.03. The molecule has 0 bridgehead atoms. The molecule has 1 aromatic heterocycles. The largest absolute Gasteiger partial charge is 0.494 e. The number of benzene rings is 2. The Morgan fingerprint density at radius 2 is 1.92 bits per heavy atom. The van der Waals surface area contributed by atoms with Gasteiger partial charge in [0.2, 0.25) is 0 Å². The standard InChI is InChI=1S/C29H35ClN4O3/c1-3-18-37-29(35)34-13-11-24-25-20-22(30)7-10-26(25)31-27(24)28(34)21-5-8-23(9-6-21)36-19-4-12-33-16-14-32(2)15-17-33/h3,5-10,20,28,31H,1,4,11-19H2,2H3. The first kappa shape index (κ1) is 25.6. The number of aromatic amines is 1. The van der Waals surface area contributed by atoms with Crippen molar-refractivity contribution in [3.05, 3.63) is 77.0 Å². The molecule has 0 radical (unpaired) electrons. The minimum absolute atomic E-state index is 0.179. The third kappa shape index (κ3) is 5.79. The smallest absolute Gasteiger partial charge is 0.410 e. The summed E-state index contributed by atoms with van der Waals surface area (Å²) in [6.45, 7) is 10.7. The summed E-state index contributed by atoms with van der Waals surface area (Å²) in [6.07, 6.45) is 2.96. The van der Waals surface area contributed by atoms with Crippen molar-refractivity contribution >= 4 is 28.6 Å². The lowest BCUT2D eigenvalue weighted by Crippen LogP contribution is -2.44. The summed E-state index contributed by atoms with van der Waals surface area (Å²) in [4.78, 5) is 23.2. The number of halogens is 1. The monoisotopic (exact) mass is 522 g/mol. The molecule has 37 heavy (non-hydrogen) atoms. The van der Waals surface area contributed by atoms with Crippen LogP contribution >= 0.6 is 11.6 Å². The molecule has 7 nitrogen and oxygen atoms in total. The van der Waals surface area contributed by atoms with E-state index >= 15 is 0 Å². The Labute approximate surface area is 223 Å². The lowest BCUT2D eigenvalue weighted by atomic mass is 9.92. The number of nitrogens with one attached hydrogen (secondary N) is 1. The number of ether oxygens (including phenoxy) is 2. The van der Waals surface area contributed by atoms with Gasteiger partial charge in [-0.05, 0) is 61.3 Å². The van der Waals surface area contributed by atoms with E-state index in [4.69, 9.17) is 21.1 Å². The molecule has 3 heterocycles. The first-order chi connectivity index (χ1) is 18.0. The van der Waals surface area contributed by atoms with Gasteiger partial charge < -0.3 is 24.3 Å². The molecular formula is C29H35ClN4O3. The normalized spacial score (nSPS) is 18.5. The van der Waals surface area contributed by atoms with E-state index in [0.717, 1.165) is 73.5 Å². The van der Waals surface area contributed by atoms with Gasteiger partial charge in [-0.2, -0.15) is 0 Å². The van der Waals surface area contributed by atoms with E-state index in [9.17, 15) is 4.79 Å². The molecular weight excluding hydrogens is 488 g/mol. The van der Waals surface area contributed by atoms with Crippen molar-refractivity contribution in [2.24, 2.45) is 0 Å². The molecule has 1 N–H and O–H groups in total. The first-order valence-corrected chi connectivity index (χ1v) is 13.4. The number of hydrogen-bond donors (Lipinski definition) is 1. The fraction of sp³-hybridized carbons (Fsp3) is 0.414. The molecule has 8 heteroatoms. The minimum Gasteiger partial charge on any atom is -0.494 e. The Balaban J connectivity index is 1.31. The van der Waals surface area contributed by atoms with Crippen molar-refractivity contribution in [3.8, 4) is 5.75 Å². The van der Waals surface area contributed by atoms with Crippen molar-refractivity contribution < 1.29 is 14.3 Å². The highest BCUT2D eigenvalue weighted by Crippen LogP contribution is 2.39. The van der Waals surface area contributed by atoms with Gasteiger partial charge in [0.1, 0.15) is 18.4 Å². The van der Waals surface area contributed by atoms with Crippen LogP contribution in [-0.2, 0) is 11.2 Å². The summed E-state index contributed by atoms with van der Waals surface area (Å²) in [5.41, 5.74) is 4.21. The maximum absolute atomic E-state index is 13.0. The molecule has 2 aromatic carbocycles. The van der Waals surface area contributed by atoms with Crippen molar-refractivity contribution in [1.82, 2.24) is 19.7 Å². The fourth-order valence-corrected chi connectivity index (χ4v) is 5.49. The number of carbonyl (C=O) groups is 1. The lowest BCUT2D eigenvalue weighted by Gasteiger charge is -2.35. The van der Waals surface area contributed by atoms with Crippen molar-refractivity contribution in [2.45, 2.75) is 18.9 Å². The van der Waals surface area contributed by atoms with Gasteiger partial charge >= 0.3 is 6.09 Å². The maximum atomic E-state index is 13.0. The van der Waals surface area contributed by atoms with Crippen LogP contribution in [0.5, 0.6) is 5.75 Å². The van der Waals surface area contributed by atoms with Gasteiger partial charge in [-0.1, -0.05) is 36.4 Å². The third-order valence-electron chi connectivity index (χ3n) is 7.33. The van der Waals surface area contributed by atoms with E-state index in [1.807, 2.05) is 42.5 Å². The quantitative estimate of drug-likeness (QED) is 0.329. The minimum atomic E-state index is -0.350. The van der Waals surface area contributed by atoms with Gasteiger partial charge in [-0.15, -0.1) is 0 Å². The van der Waals surface area contributed by atoms with E-state index in [1.54, 1.807) is 11.0 Å². The van der Waals surface area contributed by atoms with Gasteiger partial charge in [-0.3, -0.25) is 4.90 Å². The number of hydrogen-bond acceptors (Lipinski definition) is 5. The van der Waals surface area contributed by atoms with Crippen molar-refractivity contribution in [2.75, 3.05) is 59.5 Å². The average molecular weight is 523 g/mol. The number of aromatic nitrogens is 1. The summed E-state index contributed by atoms with van der Waals surface area (Å²) in [7, 11) is 2.18. The SMILES string of the molecule is C=CCOC(=O)N1CCc2c([nH]c3ccc(Cl)cc23)C1c1ccc(OCCCN2CCN(C)CC2)cc1. The van der Waals surface area contributed by atoms with E-state index in [1.165, 1.54) is 5.56 Å². The molecule has 1 fully saturated rings. The third-order valence-corrected chi connectivity index (χ3v) is 7.56. The van der Waals surface area contributed by atoms with Crippen LogP contribution in [0.2, 0.25) is 5.02 Å². The molecule has 2 aliphatic heterocycles. The number of piperazine rings is 1. The molecule has 2 aliphatic rings.